The summed E-state index contributed by atoms with van der Waals surface area (Å²) in [5, 5.41) is 6.08. The number of fused-ring (bicyclic) bond motifs is 1. The zero-order valence-corrected chi connectivity index (χ0v) is 13.3. The Bertz CT molecular complexity index is 767. The van der Waals surface area contributed by atoms with Gasteiger partial charge in [0.2, 0.25) is 0 Å². The molecule has 0 amide bonds. The molecule has 3 heterocycles. The Morgan fingerprint density at radius 2 is 2.10 bits per heavy atom. The Balaban J connectivity index is 1.87. The van der Waals surface area contributed by atoms with Crippen LogP contribution >= 0.6 is 23.1 Å². The van der Waals surface area contributed by atoms with Gasteiger partial charge in [0.25, 0.3) is 0 Å². The van der Waals surface area contributed by atoms with Crippen molar-refractivity contribution in [2.24, 2.45) is 0 Å². The third kappa shape index (κ3) is 2.77. The summed E-state index contributed by atoms with van der Waals surface area (Å²) in [4.78, 5) is 15.2. The fraction of sp³-hybridized carbons (Fsp3) is 0.385. The lowest BCUT2D eigenvalue weighted by molar-refractivity contribution is 0.421. The van der Waals surface area contributed by atoms with E-state index in [1.165, 1.54) is 16.8 Å². The topological polar surface area (TPSA) is 56.5 Å². The van der Waals surface area contributed by atoms with Gasteiger partial charge in [-0.2, -0.15) is 5.10 Å². The first-order chi connectivity index (χ1) is 10.2. The van der Waals surface area contributed by atoms with Crippen LogP contribution in [-0.4, -0.2) is 31.4 Å². The SMILES string of the molecule is Cc1sc2ncnc(SCc3ncnn3CCF)c2c1C. The van der Waals surface area contributed by atoms with E-state index < -0.39 is 6.67 Å². The second kappa shape index (κ2) is 6.07. The summed E-state index contributed by atoms with van der Waals surface area (Å²) in [7, 11) is 0. The lowest BCUT2D eigenvalue weighted by Gasteiger charge is -2.04. The minimum absolute atomic E-state index is 0.242. The smallest absolute Gasteiger partial charge is 0.138 e. The molecule has 0 saturated carbocycles. The highest BCUT2D eigenvalue weighted by Gasteiger charge is 2.13. The van der Waals surface area contributed by atoms with Crippen LogP contribution in [0.15, 0.2) is 17.7 Å². The van der Waals surface area contributed by atoms with Crippen molar-refractivity contribution in [2.45, 2.75) is 31.2 Å². The van der Waals surface area contributed by atoms with E-state index in [1.807, 2.05) is 0 Å². The van der Waals surface area contributed by atoms with Crippen LogP contribution in [0.3, 0.4) is 0 Å². The van der Waals surface area contributed by atoms with Crippen LogP contribution in [0, 0.1) is 13.8 Å². The van der Waals surface area contributed by atoms with Gasteiger partial charge in [-0.3, -0.25) is 0 Å². The van der Waals surface area contributed by atoms with E-state index in [9.17, 15) is 4.39 Å². The Kier molecular flexibility index (Phi) is 4.16. The summed E-state index contributed by atoms with van der Waals surface area (Å²) >= 11 is 3.27. The molecule has 0 bridgehead atoms. The first kappa shape index (κ1) is 14.4. The Labute approximate surface area is 129 Å². The van der Waals surface area contributed by atoms with Gasteiger partial charge in [-0.05, 0) is 19.4 Å². The molecule has 110 valence electrons. The summed E-state index contributed by atoms with van der Waals surface area (Å²) in [6, 6.07) is 0. The average Bonchev–Trinajstić information content (AvgIpc) is 3.03. The second-order valence-corrected chi connectivity index (χ2v) is 6.69. The highest BCUT2D eigenvalue weighted by Crippen LogP contribution is 2.35. The van der Waals surface area contributed by atoms with E-state index in [0.29, 0.717) is 5.75 Å². The zero-order chi connectivity index (χ0) is 14.8. The van der Waals surface area contributed by atoms with Gasteiger partial charge in [-0.25, -0.2) is 24.0 Å². The fourth-order valence-corrected chi connectivity index (χ4v) is 4.13. The second-order valence-electron chi connectivity index (χ2n) is 4.52. The number of thiophene rings is 1. The lowest BCUT2D eigenvalue weighted by Crippen LogP contribution is -2.06. The average molecular weight is 323 g/mol. The summed E-state index contributed by atoms with van der Waals surface area (Å²) < 4.78 is 14.0. The predicted molar refractivity (Wildman–Crippen MR) is 82.4 cm³/mol. The molecule has 0 aromatic carbocycles. The van der Waals surface area contributed by atoms with Crippen LogP contribution in [0.2, 0.25) is 0 Å². The molecule has 0 aliphatic rings. The maximum atomic E-state index is 12.4. The number of halogens is 1. The minimum atomic E-state index is -0.443. The number of rotatable bonds is 5. The van der Waals surface area contributed by atoms with Crippen LogP contribution < -0.4 is 0 Å². The van der Waals surface area contributed by atoms with Crippen molar-refractivity contribution in [1.82, 2.24) is 24.7 Å². The normalized spacial score (nSPS) is 11.4. The third-order valence-corrected chi connectivity index (χ3v) is 5.36. The molecule has 0 spiro atoms. The maximum absolute atomic E-state index is 12.4. The van der Waals surface area contributed by atoms with E-state index in [2.05, 4.69) is 33.9 Å². The molecular weight excluding hydrogens is 309 g/mol. The molecule has 0 aliphatic carbocycles. The molecule has 21 heavy (non-hydrogen) atoms. The molecule has 0 N–H and O–H groups in total. The minimum Gasteiger partial charge on any atom is -0.249 e. The molecular formula is C13H14FN5S2. The quantitative estimate of drug-likeness (QED) is 0.533. The number of nitrogens with zero attached hydrogens (tertiary/aromatic N) is 5. The number of thioether (sulfide) groups is 1. The van der Waals surface area contributed by atoms with Crippen LogP contribution in [0.1, 0.15) is 16.3 Å². The number of hydrogen-bond donors (Lipinski definition) is 0. The van der Waals surface area contributed by atoms with Crippen molar-refractivity contribution in [3.05, 3.63) is 28.9 Å². The van der Waals surface area contributed by atoms with Crippen LogP contribution in [0.4, 0.5) is 4.39 Å². The number of hydrogen-bond acceptors (Lipinski definition) is 6. The molecule has 0 saturated heterocycles. The molecule has 3 rings (SSSR count). The van der Waals surface area contributed by atoms with E-state index in [0.717, 1.165) is 21.1 Å². The fourth-order valence-electron chi connectivity index (χ4n) is 2.06. The highest BCUT2D eigenvalue weighted by atomic mass is 32.2. The van der Waals surface area contributed by atoms with Gasteiger partial charge < -0.3 is 0 Å². The maximum Gasteiger partial charge on any atom is 0.138 e. The Hall–Kier alpha value is -1.54. The summed E-state index contributed by atoms with van der Waals surface area (Å²) in [5.41, 5.74) is 1.23. The number of alkyl halides is 1. The monoisotopic (exact) mass is 323 g/mol. The van der Waals surface area contributed by atoms with Gasteiger partial charge in [-0.1, -0.05) is 11.8 Å². The van der Waals surface area contributed by atoms with E-state index >= 15 is 0 Å². The van der Waals surface area contributed by atoms with E-state index in [1.54, 1.807) is 34.1 Å². The van der Waals surface area contributed by atoms with E-state index in [-0.39, 0.29) is 6.54 Å². The van der Waals surface area contributed by atoms with Crippen LogP contribution in [0.5, 0.6) is 0 Å². The zero-order valence-electron chi connectivity index (χ0n) is 11.7. The largest absolute Gasteiger partial charge is 0.249 e. The van der Waals surface area contributed by atoms with Crippen molar-refractivity contribution in [3.63, 3.8) is 0 Å². The van der Waals surface area contributed by atoms with Crippen molar-refractivity contribution in [3.8, 4) is 0 Å². The summed E-state index contributed by atoms with van der Waals surface area (Å²) in [5.74, 6) is 1.37. The predicted octanol–water partition coefficient (Wildman–Crippen LogP) is 3.16. The van der Waals surface area contributed by atoms with Gasteiger partial charge in [-0.15, -0.1) is 11.3 Å². The molecule has 0 atom stereocenters. The molecule has 0 radical (unpaired) electrons. The van der Waals surface area contributed by atoms with Crippen molar-refractivity contribution in [1.29, 1.82) is 0 Å². The van der Waals surface area contributed by atoms with Gasteiger partial charge in [0, 0.05) is 10.3 Å². The first-order valence-corrected chi connectivity index (χ1v) is 8.27. The number of aromatic nitrogens is 5. The Morgan fingerprint density at radius 3 is 2.90 bits per heavy atom. The van der Waals surface area contributed by atoms with Gasteiger partial charge in [0.15, 0.2) is 0 Å². The highest BCUT2D eigenvalue weighted by molar-refractivity contribution is 7.98. The standard InChI is InChI=1S/C13H14FN5S2/c1-8-9(2)21-13-11(8)12(16-6-17-13)20-5-10-15-7-18-19(10)4-3-14/h6-7H,3-5H2,1-2H3. The molecule has 3 aromatic heterocycles. The van der Waals surface area contributed by atoms with Crippen LogP contribution in [-0.2, 0) is 12.3 Å². The molecule has 3 aromatic rings. The van der Waals surface area contributed by atoms with Gasteiger partial charge in [0.1, 0.15) is 35.0 Å². The van der Waals surface area contributed by atoms with Crippen molar-refractivity contribution < 1.29 is 4.39 Å². The summed E-state index contributed by atoms with van der Waals surface area (Å²) in [6.45, 7) is 3.98. The molecule has 0 unspecified atom stereocenters. The first-order valence-electron chi connectivity index (χ1n) is 6.47. The lowest BCUT2D eigenvalue weighted by atomic mass is 10.2. The molecule has 0 fully saturated rings. The van der Waals surface area contributed by atoms with Gasteiger partial charge >= 0.3 is 0 Å². The van der Waals surface area contributed by atoms with Crippen molar-refractivity contribution in [2.75, 3.05) is 6.67 Å². The third-order valence-electron chi connectivity index (χ3n) is 3.26. The molecule has 5 nitrogen and oxygen atoms in total. The number of aryl methyl sites for hydroxylation is 3. The van der Waals surface area contributed by atoms with E-state index in [4.69, 9.17) is 0 Å². The molecule has 0 aliphatic heterocycles. The van der Waals surface area contributed by atoms with Gasteiger partial charge in [0.05, 0.1) is 12.3 Å². The summed E-state index contributed by atoms with van der Waals surface area (Å²) in [6.07, 6.45) is 3.05. The van der Waals surface area contributed by atoms with Crippen LogP contribution in [0.25, 0.3) is 10.2 Å². The Morgan fingerprint density at radius 1 is 1.24 bits per heavy atom. The van der Waals surface area contributed by atoms with Crippen molar-refractivity contribution >= 4 is 33.3 Å². The molecule has 8 heteroatoms.